The number of anilines is 1. The number of thiophene rings is 1. The van der Waals surface area contributed by atoms with Crippen molar-refractivity contribution in [2.75, 3.05) is 4.72 Å². The van der Waals surface area contributed by atoms with Crippen molar-refractivity contribution >= 4 is 66.3 Å². The summed E-state index contributed by atoms with van der Waals surface area (Å²) < 4.78 is 27.4. The fraction of sp³-hybridized carbons (Fsp3) is 0.111. The average Bonchev–Trinajstić information content (AvgIpc) is 2.56. The number of aromatic nitrogens is 2. The van der Waals surface area contributed by atoms with Gasteiger partial charge in [-0.2, -0.15) is 4.98 Å². The van der Waals surface area contributed by atoms with E-state index >= 15 is 0 Å². The van der Waals surface area contributed by atoms with Gasteiger partial charge in [-0.25, -0.2) is 13.4 Å². The lowest BCUT2D eigenvalue weighted by atomic mass is 10.5. The van der Waals surface area contributed by atoms with Gasteiger partial charge in [-0.05, 0) is 40.5 Å². The molecule has 0 aliphatic carbocycles. The second-order valence-corrected chi connectivity index (χ2v) is 8.43. The van der Waals surface area contributed by atoms with Crippen LogP contribution in [-0.4, -0.2) is 18.4 Å². The van der Waals surface area contributed by atoms with Crippen LogP contribution in [-0.2, 0) is 10.0 Å². The van der Waals surface area contributed by atoms with E-state index in [2.05, 4.69) is 30.6 Å². The average molecular weight is 403 g/mol. The van der Waals surface area contributed by atoms with E-state index in [-0.39, 0.29) is 21.2 Å². The molecule has 2 aromatic rings. The topological polar surface area (TPSA) is 72.0 Å². The minimum atomic E-state index is -3.73. The van der Waals surface area contributed by atoms with Crippen LogP contribution >= 0.6 is 50.5 Å². The van der Waals surface area contributed by atoms with Crippen LogP contribution in [0.5, 0.6) is 0 Å². The van der Waals surface area contributed by atoms with E-state index in [4.69, 9.17) is 23.2 Å². The Balaban J connectivity index is 2.39. The third-order valence-electron chi connectivity index (χ3n) is 2.04. The van der Waals surface area contributed by atoms with Crippen LogP contribution in [0.15, 0.2) is 20.8 Å². The number of halogens is 3. The highest BCUT2D eigenvalue weighted by molar-refractivity contribution is 9.11. The molecule has 0 amide bonds. The molecule has 2 heterocycles. The van der Waals surface area contributed by atoms with E-state index < -0.39 is 10.0 Å². The van der Waals surface area contributed by atoms with Crippen LogP contribution < -0.4 is 4.72 Å². The van der Waals surface area contributed by atoms with E-state index in [1.807, 2.05) is 0 Å². The van der Waals surface area contributed by atoms with Gasteiger partial charge in [0.2, 0.25) is 5.28 Å². The Kier molecular flexibility index (Phi) is 4.36. The number of nitrogens with one attached hydrogen (secondary N) is 1. The number of hydrogen-bond acceptors (Lipinski definition) is 5. The van der Waals surface area contributed by atoms with Crippen LogP contribution in [0.25, 0.3) is 0 Å². The van der Waals surface area contributed by atoms with Gasteiger partial charge in [0, 0.05) is 10.9 Å². The highest BCUT2D eigenvalue weighted by Gasteiger charge is 2.20. The monoisotopic (exact) mass is 401 g/mol. The van der Waals surface area contributed by atoms with Gasteiger partial charge in [0.15, 0.2) is 0 Å². The molecular weight excluding hydrogens is 397 g/mol. The van der Waals surface area contributed by atoms with Crippen molar-refractivity contribution in [1.82, 2.24) is 9.97 Å². The van der Waals surface area contributed by atoms with Crippen molar-refractivity contribution in [3.8, 4) is 0 Å². The Labute approximate surface area is 132 Å². The lowest BCUT2D eigenvalue weighted by Crippen LogP contribution is -2.14. The summed E-state index contributed by atoms with van der Waals surface area (Å²) in [5.41, 5.74) is 0. The Morgan fingerprint density at radius 3 is 2.53 bits per heavy atom. The standard InChI is InChI=1S/C9H6BrCl2N3O2S2/c1-4-5(2-6(10)18-4)19(16,17)15-8-3-7(11)13-9(12)14-8/h2-3H,1H3,(H,13,14,15). The predicted octanol–water partition coefficient (Wildman–Crippen LogP) is 3.72. The Morgan fingerprint density at radius 1 is 1.32 bits per heavy atom. The Bertz CT molecular complexity index is 713. The molecule has 0 spiro atoms. The molecule has 2 aromatic heterocycles. The van der Waals surface area contributed by atoms with Gasteiger partial charge in [0.05, 0.1) is 3.79 Å². The summed E-state index contributed by atoms with van der Waals surface area (Å²) in [7, 11) is -3.73. The van der Waals surface area contributed by atoms with Crippen LogP contribution in [0.4, 0.5) is 5.82 Å². The van der Waals surface area contributed by atoms with Gasteiger partial charge in [0.1, 0.15) is 15.9 Å². The van der Waals surface area contributed by atoms with Crippen LogP contribution in [0.3, 0.4) is 0 Å². The van der Waals surface area contributed by atoms with Gasteiger partial charge in [-0.3, -0.25) is 4.72 Å². The van der Waals surface area contributed by atoms with Gasteiger partial charge in [0.25, 0.3) is 10.0 Å². The molecule has 0 aliphatic heterocycles. The summed E-state index contributed by atoms with van der Waals surface area (Å²) in [5.74, 6) is 0.0201. The first-order valence-corrected chi connectivity index (χ1v) is 8.61. The molecule has 19 heavy (non-hydrogen) atoms. The van der Waals surface area contributed by atoms with Crippen LogP contribution in [0.1, 0.15) is 4.88 Å². The van der Waals surface area contributed by atoms with Gasteiger partial charge < -0.3 is 0 Å². The zero-order chi connectivity index (χ0) is 14.2. The second-order valence-electron chi connectivity index (χ2n) is 3.42. The van der Waals surface area contributed by atoms with E-state index in [9.17, 15) is 8.42 Å². The molecular formula is C9H6BrCl2N3O2S2. The maximum Gasteiger partial charge on any atom is 0.264 e. The minimum absolute atomic E-state index is 0.0201. The maximum atomic E-state index is 12.2. The summed E-state index contributed by atoms with van der Waals surface area (Å²) in [4.78, 5) is 8.22. The largest absolute Gasteiger partial charge is 0.264 e. The fourth-order valence-electron chi connectivity index (χ4n) is 1.33. The molecule has 0 unspecified atom stereocenters. The maximum absolute atomic E-state index is 12.2. The molecule has 0 bridgehead atoms. The molecule has 0 aromatic carbocycles. The summed E-state index contributed by atoms with van der Waals surface area (Å²) >= 11 is 15.9. The molecule has 10 heteroatoms. The van der Waals surface area contributed by atoms with Crippen molar-refractivity contribution in [3.05, 3.63) is 31.2 Å². The zero-order valence-electron chi connectivity index (χ0n) is 9.32. The molecule has 2 rings (SSSR count). The molecule has 0 radical (unpaired) electrons. The van der Waals surface area contributed by atoms with E-state index in [1.165, 1.54) is 23.5 Å². The van der Waals surface area contributed by atoms with Crippen molar-refractivity contribution in [2.45, 2.75) is 11.8 Å². The van der Waals surface area contributed by atoms with Crippen molar-refractivity contribution in [2.24, 2.45) is 0 Å². The zero-order valence-corrected chi connectivity index (χ0v) is 14.0. The molecule has 0 aliphatic rings. The first-order valence-electron chi connectivity index (χ1n) is 4.77. The first-order chi connectivity index (χ1) is 8.78. The second kappa shape index (κ2) is 5.53. The summed E-state index contributed by atoms with van der Waals surface area (Å²) in [6.07, 6.45) is 0. The molecule has 1 N–H and O–H groups in total. The molecule has 0 saturated carbocycles. The number of rotatable bonds is 3. The van der Waals surface area contributed by atoms with Crippen molar-refractivity contribution < 1.29 is 8.42 Å². The minimum Gasteiger partial charge on any atom is -0.263 e. The summed E-state index contributed by atoms with van der Waals surface area (Å²) in [5, 5.41) is -0.0747. The van der Waals surface area contributed by atoms with E-state index in [1.54, 1.807) is 6.92 Å². The molecule has 0 saturated heterocycles. The van der Waals surface area contributed by atoms with Gasteiger partial charge in [-0.15, -0.1) is 11.3 Å². The third-order valence-corrected chi connectivity index (χ3v) is 5.56. The quantitative estimate of drug-likeness (QED) is 0.627. The number of nitrogens with zero attached hydrogens (tertiary/aromatic N) is 2. The number of hydrogen-bond donors (Lipinski definition) is 1. The molecule has 5 nitrogen and oxygen atoms in total. The molecule has 0 atom stereocenters. The highest BCUT2D eigenvalue weighted by atomic mass is 79.9. The molecule has 102 valence electrons. The third kappa shape index (κ3) is 3.57. The molecule has 0 fully saturated rings. The predicted molar refractivity (Wildman–Crippen MR) is 79.6 cm³/mol. The van der Waals surface area contributed by atoms with Gasteiger partial charge >= 0.3 is 0 Å². The van der Waals surface area contributed by atoms with Crippen LogP contribution in [0, 0.1) is 6.92 Å². The lowest BCUT2D eigenvalue weighted by molar-refractivity contribution is 0.601. The highest BCUT2D eigenvalue weighted by Crippen LogP contribution is 2.30. The first kappa shape index (κ1) is 15.0. The fourth-order valence-corrected chi connectivity index (χ4v) is 5.15. The normalized spacial score (nSPS) is 11.6. The summed E-state index contributed by atoms with van der Waals surface area (Å²) in [6, 6.07) is 2.80. The Hall–Kier alpha value is -0.410. The number of sulfonamides is 1. The smallest absolute Gasteiger partial charge is 0.263 e. The van der Waals surface area contributed by atoms with E-state index in [0.717, 1.165) is 3.79 Å². The number of aryl methyl sites for hydroxylation is 1. The SMILES string of the molecule is Cc1sc(Br)cc1S(=O)(=O)Nc1cc(Cl)nc(Cl)n1. The summed E-state index contributed by atoms with van der Waals surface area (Å²) in [6.45, 7) is 1.71. The van der Waals surface area contributed by atoms with E-state index in [0.29, 0.717) is 4.88 Å². The lowest BCUT2D eigenvalue weighted by Gasteiger charge is -2.07. The van der Waals surface area contributed by atoms with Gasteiger partial charge in [-0.1, -0.05) is 11.6 Å². The van der Waals surface area contributed by atoms with Crippen molar-refractivity contribution in [1.29, 1.82) is 0 Å². The Morgan fingerprint density at radius 2 is 2.00 bits per heavy atom. The van der Waals surface area contributed by atoms with Crippen molar-refractivity contribution in [3.63, 3.8) is 0 Å². The van der Waals surface area contributed by atoms with Crippen LogP contribution in [0.2, 0.25) is 10.4 Å².